The van der Waals surface area contributed by atoms with Gasteiger partial charge < -0.3 is 10.2 Å². The number of nitrogens with one attached hydrogen (secondary N) is 1. The van der Waals surface area contributed by atoms with E-state index in [0.717, 1.165) is 37.1 Å². The third-order valence-corrected chi connectivity index (χ3v) is 5.47. The number of likely N-dealkylation sites (tertiary alicyclic amines) is 1. The maximum atomic E-state index is 12.8. The number of piperidine rings is 1. The van der Waals surface area contributed by atoms with Gasteiger partial charge >= 0.3 is 0 Å². The van der Waals surface area contributed by atoms with Crippen LogP contribution in [0.5, 0.6) is 0 Å². The van der Waals surface area contributed by atoms with Gasteiger partial charge in [0.2, 0.25) is 5.91 Å². The molecule has 0 radical (unpaired) electrons. The summed E-state index contributed by atoms with van der Waals surface area (Å²) in [6.45, 7) is 4.17. The van der Waals surface area contributed by atoms with Gasteiger partial charge in [-0.2, -0.15) is 0 Å². The van der Waals surface area contributed by atoms with E-state index in [1.165, 1.54) is 12.0 Å². The Kier molecular flexibility index (Phi) is 7.04. The highest BCUT2D eigenvalue weighted by Crippen LogP contribution is 2.19. The molecule has 1 aliphatic rings. The van der Waals surface area contributed by atoms with E-state index in [4.69, 9.17) is 0 Å². The first kappa shape index (κ1) is 21.1. The molecule has 1 heterocycles. The second kappa shape index (κ2) is 9.70. The van der Waals surface area contributed by atoms with Crippen LogP contribution in [0, 0.1) is 6.92 Å². The van der Waals surface area contributed by atoms with E-state index in [1.807, 2.05) is 79.3 Å². The molecule has 154 valence electrons. The lowest BCUT2D eigenvalue weighted by atomic mass is 10.0. The molecule has 2 amide bonds. The van der Waals surface area contributed by atoms with Gasteiger partial charge in [-0.1, -0.05) is 42.0 Å². The van der Waals surface area contributed by atoms with Crippen LogP contribution >= 0.6 is 0 Å². The second-order valence-electron chi connectivity index (χ2n) is 8.04. The second-order valence-corrected chi connectivity index (χ2v) is 8.04. The number of rotatable bonds is 6. The Balaban J connectivity index is 1.60. The van der Waals surface area contributed by atoms with Crippen molar-refractivity contribution in [2.75, 3.05) is 27.2 Å². The fraction of sp³-hybridized carbons (Fsp3) is 0.417. The van der Waals surface area contributed by atoms with E-state index >= 15 is 0 Å². The Labute approximate surface area is 173 Å². The molecule has 2 aromatic rings. The normalized spacial score (nSPS) is 15.2. The minimum Gasteiger partial charge on any atom is -0.350 e. The van der Waals surface area contributed by atoms with Crippen molar-refractivity contribution in [3.63, 3.8) is 0 Å². The first-order chi connectivity index (χ1) is 14.0. The molecule has 0 aliphatic carbocycles. The van der Waals surface area contributed by atoms with Crippen LogP contribution in [0.25, 0.3) is 0 Å². The molecule has 1 N–H and O–H groups in total. The van der Waals surface area contributed by atoms with Gasteiger partial charge in [0.05, 0.1) is 0 Å². The molecule has 1 aliphatic heterocycles. The minimum atomic E-state index is -0.337. The Morgan fingerprint density at radius 1 is 0.966 bits per heavy atom. The first-order valence-corrected chi connectivity index (χ1v) is 10.3. The van der Waals surface area contributed by atoms with Gasteiger partial charge in [-0.25, -0.2) is 0 Å². The van der Waals surface area contributed by atoms with E-state index in [-0.39, 0.29) is 17.9 Å². The average molecular weight is 394 g/mol. The molecule has 2 aromatic carbocycles. The molecule has 1 saturated heterocycles. The zero-order valence-corrected chi connectivity index (χ0v) is 17.6. The summed E-state index contributed by atoms with van der Waals surface area (Å²) in [6, 6.07) is 15.3. The number of carbonyl (C=O) groups is 2. The van der Waals surface area contributed by atoms with Crippen molar-refractivity contribution in [2.45, 2.75) is 38.8 Å². The summed E-state index contributed by atoms with van der Waals surface area (Å²) >= 11 is 0. The van der Waals surface area contributed by atoms with Crippen molar-refractivity contribution in [2.24, 2.45) is 0 Å². The van der Waals surface area contributed by atoms with Crippen LogP contribution in [0.1, 0.15) is 52.4 Å². The molecule has 5 heteroatoms. The highest BCUT2D eigenvalue weighted by atomic mass is 16.2. The standard InChI is InChI=1S/C24H31N3O2/c1-18-7-11-20(12-8-18)22(26(2)3)23(28)25-17-19-9-13-21(14-10-19)24(29)27-15-5-4-6-16-27/h7-14,22H,4-6,15-17H2,1-3H3,(H,25,28). The Bertz CT molecular complexity index is 822. The lowest BCUT2D eigenvalue weighted by Crippen LogP contribution is -2.36. The Morgan fingerprint density at radius 3 is 2.17 bits per heavy atom. The number of likely N-dealkylation sites (N-methyl/N-ethyl adjacent to an activating group) is 1. The summed E-state index contributed by atoms with van der Waals surface area (Å²) in [5.41, 5.74) is 3.84. The lowest BCUT2D eigenvalue weighted by molar-refractivity contribution is -0.125. The Morgan fingerprint density at radius 2 is 1.59 bits per heavy atom. The van der Waals surface area contributed by atoms with Gasteiger partial charge in [0.25, 0.3) is 5.91 Å². The van der Waals surface area contributed by atoms with Crippen LogP contribution < -0.4 is 5.32 Å². The van der Waals surface area contributed by atoms with E-state index < -0.39 is 0 Å². The molecule has 0 spiro atoms. The number of hydrogen-bond acceptors (Lipinski definition) is 3. The summed E-state index contributed by atoms with van der Waals surface area (Å²) < 4.78 is 0. The first-order valence-electron chi connectivity index (χ1n) is 10.3. The van der Waals surface area contributed by atoms with E-state index in [9.17, 15) is 9.59 Å². The molecule has 1 atom stereocenters. The van der Waals surface area contributed by atoms with Crippen molar-refractivity contribution in [1.29, 1.82) is 0 Å². The van der Waals surface area contributed by atoms with Gasteiger partial charge in [0.1, 0.15) is 6.04 Å². The fourth-order valence-corrected chi connectivity index (χ4v) is 3.76. The summed E-state index contributed by atoms with van der Waals surface area (Å²) in [6.07, 6.45) is 3.38. The molecule has 0 bridgehead atoms. The minimum absolute atomic E-state index is 0.0349. The van der Waals surface area contributed by atoms with Crippen LogP contribution in [0.15, 0.2) is 48.5 Å². The SMILES string of the molecule is Cc1ccc(C(C(=O)NCc2ccc(C(=O)N3CCCCC3)cc2)N(C)C)cc1. The molecule has 0 aromatic heterocycles. The van der Waals surface area contributed by atoms with Crippen LogP contribution in [0.3, 0.4) is 0 Å². The molecule has 0 saturated carbocycles. The van der Waals surface area contributed by atoms with Crippen LogP contribution in [0.2, 0.25) is 0 Å². The maximum absolute atomic E-state index is 12.8. The van der Waals surface area contributed by atoms with Crippen molar-refractivity contribution in [3.8, 4) is 0 Å². The zero-order chi connectivity index (χ0) is 20.8. The number of carbonyl (C=O) groups excluding carboxylic acids is 2. The summed E-state index contributed by atoms with van der Waals surface area (Å²) in [5, 5.41) is 3.03. The van der Waals surface area contributed by atoms with E-state index in [2.05, 4.69) is 5.32 Å². The summed E-state index contributed by atoms with van der Waals surface area (Å²) in [5.74, 6) is 0.0691. The van der Waals surface area contributed by atoms with E-state index in [0.29, 0.717) is 12.1 Å². The van der Waals surface area contributed by atoms with Gasteiger partial charge in [-0.3, -0.25) is 14.5 Å². The van der Waals surface area contributed by atoms with Crippen LogP contribution in [-0.4, -0.2) is 48.8 Å². The lowest BCUT2D eigenvalue weighted by Gasteiger charge is -2.26. The predicted molar refractivity (Wildman–Crippen MR) is 116 cm³/mol. The molecule has 3 rings (SSSR count). The third kappa shape index (κ3) is 5.45. The van der Waals surface area contributed by atoms with Gasteiger partial charge in [-0.15, -0.1) is 0 Å². The van der Waals surface area contributed by atoms with Crippen molar-refractivity contribution in [3.05, 3.63) is 70.8 Å². The predicted octanol–water partition coefficient (Wildman–Crippen LogP) is 3.54. The van der Waals surface area contributed by atoms with Gasteiger partial charge in [0.15, 0.2) is 0 Å². The summed E-state index contributed by atoms with van der Waals surface area (Å²) in [4.78, 5) is 29.2. The average Bonchev–Trinajstić information content (AvgIpc) is 2.74. The third-order valence-electron chi connectivity index (χ3n) is 5.47. The smallest absolute Gasteiger partial charge is 0.253 e. The van der Waals surface area contributed by atoms with Crippen molar-refractivity contribution in [1.82, 2.24) is 15.1 Å². The maximum Gasteiger partial charge on any atom is 0.253 e. The Hall–Kier alpha value is -2.66. The summed E-state index contributed by atoms with van der Waals surface area (Å²) in [7, 11) is 3.82. The fourth-order valence-electron chi connectivity index (χ4n) is 3.76. The highest BCUT2D eigenvalue weighted by molar-refractivity contribution is 5.94. The molecule has 1 unspecified atom stereocenters. The molecular weight excluding hydrogens is 362 g/mol. The quantitative estimate of drug-likeness (QED) is 0.817. The highest BCUT2D eigenvalue weighted by Gasteiger charge is 2.22. The van der Waals surface area contributed by atoms with Gasteiger partial charge in [-0.05, 0) is 63.5 Å². The van der Waals surface area contributed by atoms with Crippen molar-refractivity contribution < 1.29 is 9.59 Å². The molecule has 29 heavy (non-hydrogen) atoms. The number of aryl methyl sites for hydroxylation is 1. The van der Waals surface area contributed by atoms with Crippen LogP contribution in [-0.2, 0) is 11.3 Å². The number of amides is 2. The molecular formula is C24H31N3O2. The number of nitrogens with zero attached hydrogens (tertiary/aromatic N) is 2. The monoisotopic (exact) mass is 393 g/mol. The largest absolute Gasteiger partial charge is 0.350 e. The molecule has 1 fully saturated rings. The number of hydrogen-bond donors (Lipinski definition) is 1. The number of benzene rings is 2. The van der Waals surface area contributed by atoms with Crippen LogP contribution in [0.4, 0.5) is 0 Å². The van der Waals surface area contributed by atoms with Gasteiger partial charge in [0, 0.05) is 25.2 Å². The topological polar surface area (TPSA) is 52.7 Å². The molecule has 5 nitrogen and oxygen atoms in total. The van der Waals surface area contributed by atoms with E-state index in [1.54, 1.807) is 0 Å². The zero-order valence-electron chi connectivity index (χ0n) is 17.6. The van der Waals surface area contributed by atoms with Crippen molar-refractivity contribution >= 4 is 11.8 Å².